The van der Waals surface area contributed by atoms with Crippen LogP contribution in [-0.4, -0.2) is 47.1 Å². The van der Waals surface area contributed by atoms with Crippen LogP contribution in [0.1, 0.15) is 69.2 Å². The van der Waals surface area contributed by atoms with E-state index in [1.54, 1.807) is 0 Å². The lowest BCUT2D eigenvalue weighted by atomic mass is 9.69. The van der Waals surface area contributed by atoms with Crippen molar-refractivity contribution < 1.29 is 28.9 Å². The van der Waals surface area contributed by atoms with E-state index in [1.807, 2.05) is 13.0 Å². The van der Waals surface area contributed by atoms with Gasteiger partial charge < -0.3 is 19.3 Å². The summed E-state index contributed by atoms with van der Waals surface area (Å²) < 4.78 is 18.8. The van der Waals surface area contributed by atoms with Gasteiger partial charge >= 0.3 is 11.9 Å². The molecule has 0 radical (unpaired) electrons. The average molecular weight is 485 g/mol. The predicted octanol–water partition coefficient (Wildman–Crippen LogP) is 4.69. The fourth-order valence-electron chi connectivity index (χ4n) is 6.93. The van der Waals surface area contributed by atoms with Crippen LogP contribution in [-0.2, 0) is 23.8 Å². The number of aliphatic hydroxyl groups is 1. The Morgan fingerprint density at radius 3 is 2.43 bits per heavy atom. The van der Waals surface area contributed by atoms with Crippen molar-refractivity contribution in [1.82, 2.24) is 0 Å². The van der Waals surface area contributed by atoms with Crippen molar-refractivity contribution >= 4 is 18.0 Å². The lowest BCUT2D eigenvalue weighted by Crippen LogP contribution is -2.62. The first-order chi connectivity index (χ1) is 16.4. The van der Waals surface area contributed by atoms with Crippen molar-refractivity contribution in [3.8, 4) is 0 Å². The van der Waals surface area contributed by atoms with Crippen LogP contribution in [0.2, 0.25) is 0 Å². The molecule has 1 aromatic carbocycles. The van der Waals surface area contributed by atoms with Crippen LogP contribution in [0.4, 0.5) is 0 Å². The third-order valence-corrected chi connectivity index (χ3v) is 9.16. The maximum absolute atomic E-state index is 13.2. The van der Waals surface area contributed by atoms with Crippen LogP contribution in [0, 0.1) is 44.4 Å². The predicted molar refractivity (Wildman–Crippen MR) is 134 cm³/mol. The number of hydrogen-bond donors (Lipinski definition) is 1. The number of rotatable bonds is 6. The molecule has 6 nitrogen and oxygen atoms in total. The number of aliphatic hydroxyl groups excluding tert-OH is 1. The van der Waals surface area contributed by atoms with E-state index >= 15 is 0 Å². The number of benzene rings is 1. The van der Waals surface area contributed by atoms with Gasteiger partial charge in [0.05, 0.1) is 0 Å². The van der Waals surface area contributed by atoms with E-state index in [-0.39, 0.29) is 23.7 Å². The molecule has 1 N–H and O–H groups in total. The molecule has 4 rings (SSSR count). The van der Waals surface area contributed by atoms with Gasteiger partial charge in [0.1, 0.15) is 30.0 Å². The molecular formula is C29H40O6. The minimum Gasteiger partial charge on any atom is -0.457 e. The highest BCUT2D eigenvalue weighted by Crippen LogP contribution is 2.63. The van der Waals surface area contributed by atoms with Crippen LogP contribution < -0.4 is 0 Å². The molecule has 192 valence electrons. The van der Waals surface area contributed by atoms with Gasteiger partial charge in [-0.1, -0.05) is 32.9 Å². The molecule has 2 saturated heterocycles. The summed E-state index contributed by atoms with van der Waals surface area (Å²) in [4.78, 5) is 25.2. The van der Waals surface area contributed by atoms with Gasteiger partial charge in [0.25, 0.3) is 0 Å². The third-order valence-electron chi connectivity index (χ3n) is 9.16. The Bertz CT molecular complexity index is 1000. The van der Waals surface area contributed by atoms with Crippen LogP contribution in [0.15, 0.2) is 18.2 Å². The quantitative estimate of drug-likeness (QED) is 0.466. The molecule has 0 spiro atoms. The van der Waals surface area contributed by atoms with E-state index in [1.165, 1.54) is 22.8 Å². The second-order valence-corrected chi connectivity index (χ2v) is 11.4. The molecule has 35 heavy (non-hydrogen) atoms. The van der Waals surface area contributed by atoms with Crippen LogP contribution in [0.5, 0.6) is 0 Å². The monoisotopic (exact) mass is 484 g/mol. The first-order valence-corrected chi connectivity index (χ1v) is 12.9. The lowest BCUT2D eigenvalue weighted by Gasteiger charge is -2.52. The zero-order chi connectivity index (χ0) is 25.7. The van der Waals surface area contributed by atoms with E-state index in [2.05, 4.69) is 53.7 Å². The normalized spacial score (nSPS) is 36.0. The summed E-state index contributed by atoms with van der Waals surface area (Å²) in [5, 5.41) is 9.30. The lowest BCUT2D eigenvalue weighted by molar-refractivity contribution is -0.264. The molecule has 2 heterocycles. The van der Waals surface area contributed by atoms with Crippen LogP contribution >= 0.6 is 0 Å². The molecule has 1 saturated carbocycles. The SMILES string of the molecule is Cc1cc(/C=C/C(=O)O[C@H]2[C@@H]3[C@H](C)CC[C@H]3[C@]3(C)OC2(C(C)C)C[C@H]3OC(=O)CO)cc(C)c1C. The Labute approximate surface area is 209 Å². The molecule has 1 aliphatic carbocycles. The Hall–Kier alpha value is -2.18. The van der Waals surface area contributed by atoms with Crippen LogP contribution in [0.3, 0.4) is 0 Å². The average Bonchev–Trinajstić information content (AvgIpc) is 3.31. The van der Waals surface area contributed by atoms with E-state index in [9.17, 15) is 14.7 Å². The minimum absolute atomic E-state index is 0.0394. The first kappa shape index (κ1) is 25.9. The summed E-state index contributed by atoms with van der Waals surface area (Å²) in [5.74, 6) is -0.404. The first-order valence-electron chi connectivity index (χ1n) is 12.9. The second kappa shape index (κ2) is 9.36. The maximum atomic E-state index is 13.2. The van der Waals surface area contributed by atoms with Gasteiger partial charge in [0, 0.05) is 18.4 Å². The second-order valence-electron chi connectivity index (χ2n) is 11.4. The Kier molecular flexibility index (Phi) is 6.93. The zero-order valence-corrected chi connectivity index (χ0v) is 22.1. The van der Waals surface area contributed by atoms with Gasteiger partial charge in [-0.2, -0.15) is 0 Å². The summed E-state index contributed by atoms with van der Waals surface area (Å²) >= 11 is 0. The number of carbonyl (C=O) groups is 2. The van der Waals surface area contributed by atoms with E-state index < -0.39 is 36.0 Å². The van der Waals surface area contributed by atoms with E-state index in [4.69, 9.17) is 14.2 Å². The van der Waals surface area contributed by atoms with E-state index in [0.29, 0.717) is 12.3 Å². The van der Waals surface area contributed by atoms with E-state index in [0.717, 1.165) is 18.4 Å². The van der Waals surface area contributed by atoms with Crippen molar-refractivity contribution in [1.29, 1.82) is 0 Å². The van der Waals surface area contributed by atoms with Gasteiger partial charge in [-0.25, -0.2) is 9.59 Å². The van der Waals surface area contributed by atoms with Gasteiger partial charge in [-0.15, -0.1) is 0 Å². The standard InChI is InChI=1S/C29H40O6/c1-16(2)29-14-23(33-25(32)15-30)28(7,35-29)22-10-8-17(3)26(22)27(29)34-24(31)11-9-21-12-18(4)20(6)19(5)13-21/h9,11-13,16-17,22-23,26-27,30H,8,10,14-15H2,1-7H3/b11-9+/t17-,22-,23-,26-,27+,28+,29?/m1/s1. The molecule has 1 unspecified atom stereocenters. The highest BCUT2D eigenvalue weighted by Gasteiger charge is 2.72. The molecule has 2 aliphatic heterocycles. The Morgan fingerprint density at radius 1 is 1.17 bits per heavy atom. The highest BCUT2D eigenvalue weighted by atomic mass is 16.6. The van der Waals surface area contributed by atoms with Gasteiger partial charge in [-0.05, 0) is 86.6 Å². The molecular weight excluding hydrogens is 444 g/mol. The van der Waals surface area contributed by atoms with Crippen molar-refractivity contribution in [2.75, 3.05) is 6.61 Å². The number of carbonyl (C=O) groups excluding carboxylic acids is 2. The fraction of sp³-hybridized carbons (Fsp3) is 0.655. The summed E-state index contributed by atoms with van der Waals surface area (Å²) in [6.45, 7) is 14.0. The van der Waals surface area contributed by atoms with Gasteiger partial charge in [-0.3, -0.25) is 0 Å². The number of aryl methyl sites for hydroxylation is 2. The summed E-state index contributed by atoms with van der Waals surface area (Å²) in [7, 11) is 0. The number of hydrogen-bond acceptors (Lipinski definition) is 6. The van der Waals surface area contributed by atoms with Crippen molar-refractivity contribution in [3.63, 3.8) is 0 Å². The Balaban J connectivity index is 1.64. The van der Waals surface area contributed by atoms with Gasteiger partial charge in [0.15, 0.2) is 0 Å². The van der Waals surface area contributed by atoms with Crippen molar-refractivity contribution in [2.24, 2.45) is 23.7 Å². The molecule has 7 atom stereocenters. The number of esters is 2. The minimum atomic E-state index is -0.755. The van der Waals surface area contributed by atoms with Crippen LogP contribution in [0.25, 0.3) is 6.08 Å². The molecule has 1 aromatic rings. The molecule has 3 aliphatic rings. The molecule has 2 bridgehead atoms. The topological polar surface area (TPSA) is 82.1 Å². The highest BCUT2D eigenvalue weighted by molar-refractivity contribution is 5.87. The fourth-order valence-corrected chi connectivity index (χ4v) is 6.93. The summed E-state index contributed by atoms with van der Waals surface area (Å²) in [5.41, 5.74) is 3.18. The number of fused-ring (bicyclic) bond motifs is 4. The van der Waals surface area contributed by atoms with Crippen molar-refractivity contribution in [3.05, 3.63) is 40.5 Å². The maximum Gasteiger partial charge on any atom is 0.332 e. The molecule has 6 heteroatoms. The van der Waals surface area contributed by atoms with Crippen molar-refractivity contribution in [2.45, 2.75) is 91.1 Å². The zero-order valence-electron chi connectivity index (χ0n) is 22.1. The summed E-state index contributed by atoms with van der Waals surface area (Å²) in [6, 6.07) is 4.14. The smallest absolute Gasteiger partial charge is 0.332 e. The molecule has 3 fully saturated rings. The largest absolute Gasteiger partial charge is 0.457 e. The third kappa shape index (κ3) is 4.33. The Morgan fingerprint density at radius 2 is 1.83 bits per heavy atom. The van der Waals surface area contributed by atoms with Gasteiger partial charge in [0.2, 0.25) is 0 Å². The summed E-state index contributed by atoms with van der Waals surface area (Å²) in [6.07, 6.45) is 4.79. The number of ether oxygens (including phenoxy) is 3. The molecule has 0 aromatic heterocycles. The molecule has 0 amide bonds.